The van der Waals surface area contributed by atoms with Gasteiger partial charge in [0.2, 0.25) is 0 Å². The lowest BCUT2D eigenvalue weighted by atomic mass is 9.81. The van der Waals surface area contributed by atoms with Gasteiger partial charge in [-0.15, -0.1) is 0 Å². The molecule has 2 fully saturated rings. The molecular formula is C30H57N3. The van der Waals surface area contributed by atoms with Gasteiger partial charge in [-0.2, -0.15) is 0 Å². The van der Waals surface area contributed by atoms with E-state index in [1.807, 2.05) is 13.8 Å². The van der Waals surface area contributed by atoms with Crippen molar-refractivity contribution in [3.05, 3.63) is 36.1 Å². The van der Waals surface area contributed by atoms with E-state index >= 15 is 0 Å². The molecule has 1 saturated heterocycles. The molecule has 0 N–H and O–H groups in total. The molecule has 0 radical (unpaired) electrons. The first-order chi connectivity index (χ1) is 15.4. The van der Waals surface area contributed by atoms with Crippen molar-refractivity contribution in [2.24, 2.45) is 17.8 Å². The van der Waals surface area contributed by atoms with Crippen molar-refractivity contribution in [2.45, 2.75) is 100 Å². The van der Waals surface area contributed by atoms with Crippen molar-refractivity contribution in [2.75, 3.05) is 39.3 Å². The van der Waals surface area contributed by atoms with Crippen LogP contribution in [0.1, 0.15) is 88.0 Å². The number of hydrogen-bond acceptors (Lipinski definition) is 3. The number of rotatable bonds is 10. The molecule has 1 aliphatic heterocycles. The number of nitrogens with zero attached hydrogens (tertiary/aromatic N) is 3. The Morgan fingerprint density at radius 1 is 1.06 bits per heavy atom. The Hall–Kier alpha value is -1.06. The molecule has 3 atom stereocenters. The summed E-state index contributed by atoms with van der Waals surface area (Å²) in [5.74, 6) is 2.37. The summed E-state index contributed by atoms with van der Waals surface area (Å²) in [7, 11) is 0. The normalized spacial score (nSPS) is 26.0. The van der Waals surface area contributed by atoms with E-state index in [0.717, 1.165) is 24.9 Å². The van der Waals surface area contributed by atoms with Crippen LogP contribution in [0.15, 0.2) is 36.1 Å². The van der Waals surface area contributed by atoms with Crippen molar-refractivity contribution < 1.29 is 0 Å². The van der Waals surface area contributed by atoms with E-state index < -0.39 is 0 Å². The standard InChI is InChI=1S/C27H47N3.C2H6.CH4/c1-7-22(3)23(4)29-18-15-28(16-19-29)17-20-30(24(5)26-9-8-10-26)25(6)27-13-11-21(2)12-14-27;1-2;/h8-10,21-24,27H,6-7,11-20H2,1-5H3;1-2H3;1H4. The fourth-order valence-electron chi connectivity index (χ4n) is 5.42. The Kier molecular flexibility index (Phi) is 13.7. The molecule has 0 aromatic carbocycles. The molecule has 3 rings (SSSR count). The minimum Gasteiger partial charge on any atom is -0.367 e. The van der Waals surface area contributed by atoms with Crippen LogP contribution in [-0.2, 0) is 0 Å². The molecule has 0 amide bonds. The zero-order valence-corrected chi connectivity index (χ0v) is 22.4. The van der Waals surface area contributed by atoms with Crippen LogP contribution >= 0.6 is 0 Å². The van der Waals surface area contributed by atoms with Crippen molar-refractivity contribution in [1.29, 1.82) is 0 Å². The van der Waals surface area contributed by atoms with Crippen molar-refractivity contribution in [3.63, 3.8) is 0 Å². The minimum absolute atomic E-state index is 0. The number of piperazine rings is 1. The molecule has 0 aromatic heterocycles. The highest BCUT2D eigenvalue weighted by atomic mass is 15.3. The highest BCUT2D eigenvalue weighted by molar-refractivity contribution is 5.39. The Bertz CT molecular complexity index is 606. The Morgan fingerprint density at radius 3 is 2.12 bits per heavy atom. The van der Waals surface area contributed by atoms with E-state index in [2.05, 4.69) is 74.1 Å². The maximum absolute atomic E-state index is 4.64. The van der Waals surface area contributed by atoms with Gasteiger partial charge in [0.25, 0.3) is 0 Å². The van der Waals surface area contributed by atoms with Gasteiger partial charge in [0, 0.05) is 51.0 Å². The van der Waals surface area contributed by atoms with Gasteiger partial charge in [-0.3, -0.25) is 9.80 Å². The fraction of sp³-hybridized carbons (Fsp3) is 0.800. The second kappa shape index (κ2) is 15.0. The van der Waals surface area contributed by atoms with Crippen LogP contribution in [0.25, 0.3) is 0 Å². The lowest BCUT2D eigenvalue weighted by Crippen LogP contribution is -2.52. The topological polar surface area (TPSA) is 9.72 Å². The molecule has 3 aliphatic rings. The van der Waals surface area contributed by atoms with E-state index in [1.54, 1.807) is 0 Å². The quantitative estimate of drug-likeness (QED) is 0.341. The summed E-state index contributed by atoms with van der Waals surface area (Å²) in [5, 5.41) is 0. The first-order valence-electron chi connectivity index (χ1n) is 13.7. The molecule has 192 valence electrons. The van der Waals surface area contributed by atoms with Crippen LogP contribution in [0, 0.1) is 17.8 Å². The monoisotopic (exact) mass is 459 g/mol. The first kappa shape index (κ1) is 30.0. The lowest BCUT2D eigenvalue weighted by molar-refractivity contribution is 0.0732. The molecule has 1 saturated carbocycles. The summed E-state index contributed by atoms with van der Waals surface area (Å²) >= 11 is 0. The van der Waals surface area contributed by atoms with Crippen LogP contribution in [0.2, 0.25) is 0 Å². The largest absolute Gasteiger partial charge is 0.367 e. The van der Waals surface area contributed by atoms with Gasteiger partial charge in [0.05, 0.1) is 6.04 Å². The van der Waals surface area contributed by atoms with E-state index in [0.29, 0.717) is 18.0 Å². The number of hydrogen-bond donors (Lipinski definition) is 0. The Morgan fingerprint density at radius 2 is 1.64 bits per heavy atom. The zero-order valence-electron chi connectivity index (χ0n) is 22.4. The molecule has 0 aromatic rings. The molecule has 1 heterocycles. The van der Waals surface area contributed by atoms with Gasteiger partial charge in [0.1, 0.15) is 0 Å². The van der Waals surface area contributed by atoms with E-state index in [4.69, 9.17) is 0 Å². The van der Waals surface area contributed by atoms with Gasteiger partial charge < -0.3 is 4.90 Å². The average Bonchev–Trinajstić information content (AvgIpc) is 2.79. The van der Waals surface area contributed by atoms with Gasteiger partial charge in [-0.05, 0) is 50.0 Å². The van der Waals surface area contributed by atoms with E-state index in [-0.39, 0.29) is 7.43 Å². The maximum atomic E-state index is 4.64. The lowest BCUT2D eigenvalue weighted by Gasteiger charge is -2.43. The Labute approximate surface area is 208 Å². The highest BCUT2D eigenvalue weighted by Gasteiger charge is 2.29. The molecule has 0 spiro atoms. The summed E-state index contributed by atoms with van der Waals surface area (Å²) in [5.41, 5.74) is 2.87. The SMILES string of the molecule is C.C=C(C1CCC(C)CC1)N(CCN1CCN(C(C)C(C)CC)CC1)C(C)C1=CC=C1.CC. The predicted octanol–water partition coefficient (Wildman–Crippen LogP) is 7.23. The Balaban J connectivity index is 0.00000177. The summed E-state index contributed by atoms with van der Waals surface area (Å²) in [6.07, 6.45) is 13.4. The van der Waals surface area contributed by atoms with Crippen LogP contribution in [0.3, 0.4) is 0 Å². The summed E-state index contributed by atoms with van der Waals surface area (Å²) in [6, 6.07) is 1.16. The molecule has 3 nitrogen and oxygen atoms in total. The van der Waals surface area contributed by atoms with Crippen molar-refractivity contribution in [3.8, 4) is 0 Å². The van der Waals surface area contributed by atoms with E-state index in [9.17, 15) is 0 Å². The third-order valence-electron chi connectivity index (χ3n) is 8.49. The maximum Gasteiger partial charge on any atom is 0.0511 e. The van der Waals surface area contributed by atoms with Crippen molar-refractivity contribution >= 4 is 0 Å². The first-order valence-corrected chi connectivity index (χ1v) is 13.7. The van der Waals surface area contributed by atoms with Crippen LogP contribution in [0.5, 0.6) is 0 Å². The van der Waals surface area contributed by atoms with Crippen LogP contribution in [-0.4, -0.2) is 66.1 Å². The molecule has 3 heteroatoms. The van der Waals surface area contributed by atoms with Gasteiger partial charge in [-0.1, -0.05) is 86.1 Å². The summed E-state index contributed by atoms with van der Waals surface area (Å²) in [4.78, 5) is 8.03. The molecule has 0 bridgehead atoms. The highest BCUT2D eigenvalue weighted by Crippen LogP contribution is 2.35. The summed E-state index contributed by atoms with van der Waals surface area (Å²) in [6.45, 7) is 27.7. The third-order valence-corrected chi connectivity index (χ3v) is 8.49. The molecule has 33 heavy (non-hydrogen) atoms. The smallest absolute Gasteiger partial charge is 0.0511 e. The van der Waals surface area contributed by atoms with Crippen LogP contribution < -0.4 is 0 Å². The fourth-order valence-corrected chi connectivity index (χ4v) is 5.42. The minimum atomic E-state index is 0. The third kappa shape index (κ3) is 8.28. The second-order valence-corrected chi connectivity index (χ2v) is 10.3. The average molecular weight is 460 g/mol. The summed E-state index contributed by atoms with van der Waals surface area (Å²) < 4.78 is 0. The van der Waals surface area contributed by atoms with Gasteiger partial charge in [0.15, 0.2) is 0 Å². The van der Waals surface area contributed by atoms with Crippen LogP contribution in [0.4, 0.5) is 0 Å². The van der Waals surface area contributed by atoms with Gasteiger partial charge in [-0.25, -0.2) is 0 Å². The van der Waals surface area contributed by atoms with E-state index in [1.165, 1.54) is 69.6 Å². The number of allylic oxidation sites excluding steroid dienone is 3. The zero-order chi connectivity index (χ0) is 23.7. The second-order valence-electron chi connectivity index (χ2n) is 10.3. The molecule has 2 aliphatic carbocycles. The van der Waals surface area contributed by atoms with Gasteiger partial charge >= 0.3 is 0 Å². The predicted molar refractivity (Wildman–Crippen MR) is 149 cm³/mol. The molecular weight excluding hydrogens is 402 g/mol. The molecule has 3 unspecified atom stereocenters. The van der Waals surface area contributed by atoms with Crippen molar-refractivity contribution in [1.82, 2.24) is 14.7 Å².